The summed E-state index contributed by atoms with van der Waals surface area (Å²) in [6.07, 6.45) is 0. The molecule has 0 bridgehead atoms. The molecule has 120 valence electrons. The Morgan fingerprint density at radius 3 is 2.88 bits per heavy atom. The minimum absolute atomic E-state index is 0.00767. The summed E-state index contributed by atoms with van der Waals surface area (Å²) in [5.74, 6) is 0.487. The molecular weight excluding hydrogens is 328 g/mol. The van der Waals surface area contributed by atoms with Crippen LogP contribution in [0.2, 0.25) is 5.02 Å². The quantitative estimate of drug-likeness (QED) is 0.533. The van der Waals surface area contributed by atoms with Crippen molar-refractivity contribution >= 4 is 39.2 Å². The normalized spacial score (nSPS) is 11.4. The molecule has 0 aliphatic heterocycles. The van der Waals surface area contributed by atoms with Gasteiger partial charge in [-0.25, -0.2) is 4.98 Å². The Bertz CT molecular complexity index is 1060. The number of H-pyrrole nitrogens is 1. The van der Waals surface area contributed by atoms with Gasteiger partial charge in [-0.15, -0.1) is 4.91 Å². The molecule has 4 rings (SSSR count). The van der Waals surface area contributed by atoms with E-state index in [1.807, 2.05) is 31.2 Å². The van der Waals surface area contributed by atoms with Crippen LogP contribution in [0.3, 0.4) is 0 Å². The van der Waals surface area contributed by atoms with Crippen molar-refractivity contribution in [1.29, 1.82) is 0 Å². The van der Waals surface area contributed by atoms with Crippen LogP contribution in [0, 0.1) is 11.8 Å². The highest BCUT2D eigenvalue weighted by Crippen LogP contribution is 2.41. The van der Waals surface area contributed by atoms with Crippen LogP contribution in [-0.4, -0.2) is 19.6 Å². The maximum absolute atomic E-state index is 11.2. The molecule has 0 atom stereocenters. The van der Waals surface area contributed by atoms with E-state index in [1.165, 1.54) is 0 Å². The lowest BCUT2D eigenvalue weighted by Gasteiger charge is -2.07. The van der Waals surface area contributed by atoms with Gasteiger partial charge < -0.3 is 14.7 Å². The van der Waals surface area contributed by atoms with Crippen molar-refractivity contribution < 1.29 is 5.11 Å². The van der Waals surface area contributed by atoms with Crippen molar-refractivity contribution in [2.45, 2.75) is 13.5 Å². The van der Waals surface area contributed by atoms with Crippen molar-refractivity contribution in [2.24, 2.45) is 5.18 Å². The zero-order chi connectivity index (χ0) is 16.8. The number of imidazole rings is 1. The van der Waals surface area contributed by atoms with Gasteiger partial charge in [0.25, 0.3) is 0 Å². The Hall–Kier alpha value is -2.86. The lowest BCUT2D eigenvalue weighted by atomic mass is 10.1. The minimum atomic E-state index is -0.189. The number of aromatic hydroxyl groups is 1. The molecule has 7 heteroatoms. The van der Waals surface area contributed by atoms with Crippen LogP contribution in [0.25, 0.3) is 21.9 Å². The van der Waals surface area contributed by atoms with Gasteiger partial charge in [0, 0.05) is 10.4 Å². The summed E-state index contributed by atoms with van der Waals surface area (Å²) in [4.78, 5) is 18.9. The number of aromatic amines is 1. The largest absolute Gasteiger partial charge is 0.493 e. The van der Waals surface area contributed by atoms with E-state index in [-0.39, 0.29) is 18.1 Å². The number of nitrogens with one attached hydrogen (secondary N) is 1. The van der Waals surface area contributed by atoms with Crippen molar-refractivity contribution in [3.05, 3.63) is 57.7 Å². The number of fused-ring (bicyclic) bond motifs is 2. The number of hydrogen-bond donors (Lipinski definition) is 2. The molecule has 2 aromatic carbocycles. The number of hydrogen-bond acceptors (Lipinski definition) is 4. The molecule has 0 radical (unpaired) electrons. The van der Waals surface area contributed by atoms with Gasteiger partial charge in [-0.3, -0.25) is 0 Å². The van der Waals surface area contributed by atoms with Crippen molar-refractivity contribution in [3.63, 3.8) is 0 Å². The first-order valence-corrected chi connectivity index (χ1v) is 7.74. The number of benzene rings is 2. The van der Waals surface area contributed by atoms with E-state index < -0.39 is 0 Å². The summed E-state index contributed by atoms with van der Waals surface area (Å²) in [6.45, 7) is 2.16. The molecule has 2 N–H and O–H groups in total. The first-order chi connectivity index (χ1) is 11.6. The first kappa shape index (κ1) is 14.7. The monoisotopic (exact) mass is 340 g/mol. The third-order valence-electron chi connectivity index (χ3n) is 4.10. The molecule has 24 heavy (non-hydrogen) atoms. The highest BCUT2D eigenvalue weighted by Gasteiger charge is 2.20. The van der Waals surface area contributed by atoms with Gasteiger partial charge in [0.05, 0.1) is 23.1 Å². The number of nitroso groups, excluding NO2 is 1. The molecule has 2 aromatic heterocycles. The number of rotatable bonds is 3. The molecule has 0 aliphatic rings. The Labute approximate surface area is 141 Å². The van der Waals surface area contributed by atoms with Gasteiger partial charge in [0.15, 0.2) is 5.69 Å². The Kier molecular flexibility index (Phi) is 3.28. The van der Waals surface area contributed by atoms with Gasteiger partial charge in [-0.2, -0.15) is 0 Å². The van der Waals surface area contributed by atoms with Gasteiger partial charge >= 0.3 is 0 Å². The van der Waals surface area contributed by atoms with Crippen LogP contribution in [-0.2, 0) is 6.54 Å². The van der Waals surface area contributed by atoms with Crippen molar-refractivity contribution in [1.82, 2.24) is 14.5 Å². The third kappa shape index (κ3) is 2.15. The van der Waals surface area contributed by atoms with E-state index in [2.05, 4.69) is 15.1 Å². The molecule has 6 nitrogen and oxygen atoms in total. The third-order valence-corrected chi connectivity index (χ3v) is 4.31. The van der Waals surface area contributed by atoms with Crippen LogP contribution >= 0.6 is 11.6 Å². The minimum Gasteiger partial charge on any atom is -0.493 e. The Balaban J connectivity index is 1.92. The zero-order valence-electron chi connectivity index (χ0n) is 12.7. The summed E-state index contributed by atoms with van der Waals surface area (Å²) in [5, 5.41) is 14.4. The van der Waals surface area contributed by atoms with Crippen molar-refractivity contribution in [2.75, 3.05) is 0 Å². The second-order valence-corrected chi connectivity index (χ2v) is 6.11. The van der Waals surface area contributed by atoms with Crippen LogP contribution in [0.1, 0.15) is 11.4 Å². The van der Waals surface area contributed by atoms with Crippen LogP contribution < -0.4 is 0 Å². The van der Waals surface area contributed by atoms with E-state index in [9.17, 15) is 10.0 Å². The highest BCUT2D eigenvalue weighted by molar-refractivity contribution is 6.31. The molecule has 2 heterocycles. The second-order valence-electron chi connectivity index (χ2n) is 5.67. The predicted octanol–water partition coefficient (Wildman–Crippen LogP) is 4.63. The van der Waals surface area contributed by atoms with E-state index in [4.69, 9.17) is 11.6 Å². The van der Waals surface area contributed by atoms with Crippen molar-refractivity contribution in [3.8, 4) is 5.88 Å². The SMILES string of the molecule is Cc1cc(Cl)cc2c(N=O)c(O)n(Cc3nc4ccccc4[nH]3)c12. The number of para-hydroxylation sites is 2. The maximum atomic E-state index is 11.2. The number of aromatic nitrogens is 3. The lowest BCUT2D eigenvalue weighted by Crippen LogP contribution is -2.01. The summed E-state index contributed by atoms with van der Waals surface area (Å²) in [5.41, 5.74) is 3.31. The lowest BCUT2D eigenvalue weighted by molar-refractivity contribution is 0.428. The summed E-state index contributed by atoms with van der Waals surface area (Å²) >= 11 is 6.08. The van der Waals surface area contributed by atoms with E-state index in [1.54, 1.807) is 16.7 Å². The smallest absolute Gasteiger partial charge is 0.222 e. The Morgan fingerprint density at radius 1 is 1.33 bits per heavy atom. The predicted molar refractivity (Wildman–Crippen MR) is 94.0 cm³/mol. The average molecular weight is 341 g/mol. The molecule has 0 aliphatic carbocycles. The molecular formula is C17H13ClN4O2. The van der Waals surface area contributed by atoms with Gasteiger partial charge in [-0.1, -0.05) is 23.7 Å². The fourth-order valence-electron chi connectivity index (χ4n) is 3.10. The standard InChI is InChI=1S/C17H13ClN4O2/c1-9-6-10(18)7-11-15(21-24)17(23)22(16(9)11)8-14-19-12-4-2-3-5-13(12)20-14/h2-7,23H,8H2,1H3,(H,19,20). The average Bonchev–Trinajstić information content (AvgIpc) is 3.06. The summed E-state index contributed by atoms with van der Waals surface area (Å²) in [6, 6.07) is 11.1. The molecule has 0 fully saturated rings. The molecule has 0 spiro atoms. The first-order valence-electron chi connectivity index (χ1n) is 7.37. The number of nitrogens with zero attached hydrogens (tertiary/aromatic N) is 3. The molecule has 4 aromatic rings. The second kappa shape index (κ2) is 5.35. The van der Waals surface area contributed by atoms with E-state index >= 15 is 0 Å². The molecule has 0 saturated carbocycles. The Morgan fingerprint density at radius 2 is 2.12 bits per heavy atom. The van der Waals surface area contributed by atoms with Gasteiger partial charge in [-0.05, 0) is 41.9 Å². The number of aryl methyl sites for hydroxylation is 1. The number of halogens is 1. The van der Waals surface area contributed by atoms with Crippen LogP contribution in [0.4, 0.5) is 5.69 Å². The van der Waals surface area contributed by atoms with Gasteiger partial charge in [0.2, 0.25) is 5.88 Å². The molecule has 0 saturated heterocycles. The van der Waals surface area contributed by atoms with Gasteiger partial charge in [0.1, 0.15) is 5.82 Å². The summed E-state index contributed by atoms with van der Waals surface area (Å²) < 4.78 is 1.62. The molecule has 0 unspecified atom stereocenters. The van der Waals surface area contributed by atoms with Crippen LogP contribution in [0.5, 0.6) is 5.88 Å². The maximum Gasteiger partial charge on any atom is 0.222 e. The van der Waals surface area contributed by atoms with E-state index in [0.29, 0.717) is 21.7 Å². The molecule has 0 amide bonds. The highest BCUT2D eigenvalue weighted by atomic mass is 35.5. The topological polar surface area (TPSA) is 83.3 Å². The van der Waals surface area contributed by atoms with Crippen LogP contribution in [0.15, 0.2) is 41.6 Å². The summed E-state index contributed by atoms with van der Waals surface area (Å²) in [7, 11) is 0. The van der Waals surface area contributed by atoms with E-state index in [0.717, 1.165) is 16.6 Å². The zero-order valence-corrected chi connectivity index (χ0v) is 13.5. The fourth-order valence-corrected chi connectivity index (χ4v) is 3.38. The fraction of sp³-hybridized carbons (Fsp3) is 0.118.